The molecule has 2 aromatic carbocycles. The second-order valence-electron chi connectivity index (χ2n) is 6.18. The topological polar surface area (TPSA) is 75.7 Å². The number of likely N-dealkylation sites (N-methyl/N-ethyl adjacent to an activating group) is 1. The van der Waals surface area contributed by atoms with Gasteiger partial charge >= 0.3 is 6.36 Å². The average molecular weight is 416 g/mol. The normalized spacial score (nSPS) is 12.1. The second-order valence-corrected chi connectivity index (χ2v) is 8.19. The first-order valence-electron chi connectivity index (χ1n) is 8.06. The molecule has 0 saturated carbocycles. The Balaban J connectivity index is 2.01. The molecule has 0 saturated heterocycles. The summed E-state index contributed by atoms with van der Waals surface area (Å²) in [4.78, 5) is 13.7. The Morgan fingerprint density at radius 3 is 2.46 bits per heavy atom. The molecule has 1 N–H and O–H groups in total. The number of nitrogens with zero attached hydrogens (tertiary/aromatic N) is 1. The number of carbonyl (C=O) groups is 1. The SMILES string of the molecule is CN(CC(=O)Nc1cccc(S(C)(=O)=O)c1)Cc1ccccc1OC(F)(F)F. The molecule has 0 bridgehead atoms. The van der Waals surface area contributed by atoms with Crippen LogP contribution in [0.25, 0.3) is 0 Å². The average Bonchev–Trinajstić information content (AvgIpc) is 2.54. The Labute approximate surface area is 160 Å². The van der Waals surface area contributed by atoms with E-state index in [9.17, 15) is 26.4 Å². The zero-order valence-electron chi connectivity index (χ0n) is 15.2. The van der Waals surface area contributed by atoms with Crippen LogP contribution in [-0.4, -0.2) is 45.4 Å². The Bertz CT molecular complexity index is 946. The van der Waals surface area contributed by atoms with E-state index in [1.807, 2.05) is 0 Å². The van der Waals surface area contributed by atoms with Gasteiger partial charge in [-0.15, -0.1) is 13.2 Å². The number of sulfone groups is 1. The van der Waals surface area contributed by atoms with Crippen molar-refractivity contribution in [2.75, 3.05) is 25.2 Å². The molecule has 152 valence electrons. The minimum atomic E-state index is -4.81. The van der Waals surface area contributed by atoms with E-state index in [2.05, 4.69) is 10.1 Å². The highest BCUT2D eigenvalue weighted by molar-refractivity contribution is 7.90. The van der Waals surface area contributed by atoms with Crippen molar-refractivity contribution in [3.05, 3.63) is 54.1 Å². The van der Waals surface area contributed by atoms with Crippen LogP contribution in [0.4, 0.5) is 18.9 Å². The third-order valence-corrected chi connectivity index (χ3v) is 4.71. The fourth-order valence-corrected chi connectivity index (χ4v) is 3.12. The first-order valence-corrected chi connectivity index (χ1v) is 9.95. The van der Waals surface area contributed by atoms with E-state index in [4.69, 9.17) is 0 Å². The molecule has 0 aliphatic rings. The molecule has 6 nitrogen and oxygen atoms in total. The summed E-state index contributed by atoms with van der Waals surface area (Å²) >= 11 is 0. The van der Waals surface area contributed by atoms with Crippen LogP contribution in [0.15, 0.2) is 53.4 Å². The van der Waals surface area contributed by atoms with Crippen molar-refractivity contribution < 1.29 is 31.1 Å². The molecule has 10 heteroatoms. The fraction of sp³-hybridized carbons (Fsp3) is 0.278. The lowest BCUT2D eigenvalue weighted by Crippen LogP contribution is -2.30. The van der Waals surface area contributed by atoms with Gasteiger partial charge in [0.05, 0.1) is 11.4 Å². The number of amides is 1. The number of para-hydroxylation sites is 1. The van der Waals surface area contributed by atoms with Crippen LogP contribution in [0.3, 0.4) is 0 Å². The van der Waals surface area contributed by atoms with Gasteiger partial charge in [-0.3, -0.25) is 9.69 Å². The van der Waals surface area contributed by atoms with Gasteiger partial charge in [0, 0.05) is 24.1 Å². The lowest BCUT2D eigenvalue weighted by atomic mass is 10.2. The molecule has 0 spiro atoms. The van der Waals surface area contributed by atoms with Crippen LogP contribution < -0.4 is 10.1 Å². The van der Waals surface area contributed by atoms with Crippen molar-refractivity contribution in [1.29, 1.82) is 0 Å². The largest absolute Gasteiger partial charge is 0.573 e. The summed E-state index contributed by atoms with van der Waals surface area (Å²) in [7, 11) is -1.85. The molecule has 0 atom stereocenters. The minimum absolute atomic E-state index is 0.0447. The number of benzene rings is 2. The third-order valence-electron chi connectivity index (χ3n) is 3.60. The number of hydrogen-bond donors (Lipinski definition) is 1. The molecule has 0 aliphatic carbocycles. The molecule has 0 heterocycles. The van der Waals surface area contributed by atoms with E-state index in [0.29, 0.717) is 5.69 Å². The van der Waals surface area contributed by atoms with Gasteiger partial charge < -0.3 is 10.1 Å². The summed E-state index contributed by atoms with van der Waals surface area (Å²) in [6.45, 7) is -0.0769. The van der Waals surface area contributed by atoms with Crippen molar-refractivity contribution in [2.24, 2.45) is 0 Å². The van der Waals surface area contributed by atoms with E-state index in [0.717, 1.165) is 6.26 Å². The molecule has 0 fully saturated rings. The van der Waals surface area contributed by atoms with Crippen molar-refractivity contribution in [3.63, 3.8) is 0 Å². The number of nitrogens with one attached hydrogen (secondary N) is 1. The number of hydrogen-bond acceptors (Lipinski definition) is 5. The minimum Gasteiger partial charge on any atom is -0.405 e. The number of anilines is 1. The van der Waals surface area contributed by atoms with Crippen LogP contribution in [0.1, 0.15) is 5.56 Å². The zero-order valence-corrected chi connectivity index (χ0v) is 16.0. The number of alkyl halides is 3. The Morgan fingerprint density at radius 1 is 1.14 bits per heavy atom. The summed E-state index contributed by atoms with van der Waals surface area (Å²) in [5, 5.41) is 2.57. The van der Waals surface area contributed by atoms with Crippen molar-refractivity contribution in [1.82, 2.24) is 4.90 Å². The highest BCUT2D eigenvalue weighted by Gasteiger charge is 2.32. The summed E-state index contributed by atoms with van der Waals surface area (Å²) in [6, 6.07) is 11.5. The van der Waals surface area contributed by atoms with Crippen LogP contribution in [0.2, 0.25) is 0 Å². The number of ether oxygens (including phenoxy) is 1. The number of carbonyl (C=O) groups excluding carboxylic acids is 1. The molecule has 0 aliphatic heterocycles. The maximum Gasteiger partial charge on any atom is 0.573 e. The van der Waals surface area contributed by atoms with Crippen LogP contribution in [-0.2, 0) is 21.2 Å². The van der Waals surface area contributed by atoms with Gasteiger partial charge in [0.1, 0.15) is 5.75 Å². The maximum atomic E-state index is 12.5. The van der Waals surface area contributed by atoms with Gasteiger partial charge in [0.25, 0.3) is 0 Å². The van der Waals surface area contributed by atoms with E-state index in [1.54, 1.807) is 19.2 Å². The lowest BCUT2D eigenvalue weighted by Gasteiger charge is -2.19. The molecule has 0 aromatic heterocycles. The van der Waals surface area contributed by atoms with Crippen molar-refractivity contribution in [3.8, 4) is 5.75 Å². The number of rotatable bonds is 7. The monoisotopic (exact) mass is 416 g/mol. The standard InChI is InChI=1S/C18H19F3N2O4S/c1-23(11-13-6-3-4-9-16(13)27-18(19,20)21)12-17(24)22-14-7-5-8-15(10-14)28(2,25)26/h3-10H,11-12H2,1-2H3,(H,22,24). The third kappa shape index (κ3) is 6.86. The predicted octanol–water partition coefficient (Wildman–Crippen LogP) is 3.06. The van der Waals surface area contributed by atoms with E-state index in [-0.39, 0.29) is 29.3 Å². The van der Waals surface area contributed by atoms with Gasteiger partial charge in [0.15, 0.2) is 9.84 Å². The molecule has 0 unspecified atom stereocenters. The molecule has 0 radical (unpaired) electrons. The van der Waals surface area contributed by atoms with Crippen LogP contribution in [0.5, 0.6) is 5.75 Å². The Hall–Kier alpha value is -2.59. The Kier molecular flexibility index (Phi) is 6.68. The molecule has 28 heavy (non-hydrogen) atoms. The second kappa shape index (κ2) is 8.61. The molecule has 2 rings (SSSR count). The van der Waals surface area contributed by atoms with E-state index < -0.39 is 22.1 Å². The van der Waals surface area contributed by atoms with E-state index >= 15 is 0 Å². The highest BCUT2D eigenvalue weighted by Crippen LogP contribution is 2.27. The van der Waals surface area contributed by atoms with E-state index in [1.165, 1.54) is 41.3 Å². The van der Waals surface area contributed by atoms with Crippen molar-refractivity contribution >= 4 is 21.4 Å². The van der Waals surface area contributed by atoms with Crippen LogP contribution in [0, 0.1) is 0 Å². The summed E-state index contributed by atoms with van der Waals surface area (Å²) in [5.74, 6) is -0.773. The summed E-state index contributed by atoms with van der Waals surface area (Å²) < 4.78 is 64.6. The molecule has 1 amide bonds. The van der Waals surface area contributed by atoms with Gasteiger partial charge in [-0.25, -0.2) is 8.42 Å². The lowest BCUT2D eigenvalue weighted by molar-refractivity contribution is -0.275. The van der Waals surface area contributed by atoms with Gasteiger partial charge in [-0.05, 0) is 31.3 Å². The summed E-state index contributed by atoms with van der Waals surface area (Å²) in [5.41, 5.74) is 0.580. The van der Waals surface area contributed by atoms with Crippen molar-refractivity contribution in [2.45, 2.75) is 17.8 Å². The number of halogens is 3. The Morgan fingerprint density at radius 2 is 1.82 bits per heavy atom. The quantitative estimate of drug-likeness (QED) is 0.751. The highest BCUT2D eigenvalue weighted by atomic mass is 32.2. The molecular weight excluding hydrogens is 397 g/mol. The zero-order chi connectivity index (χ0) is 20.9. The predicted molar refractivity (Wildman–Crippen MR) is 97.6 cm³/mol. The fourth-order valence-electron chi connectivity index (χ4n) is 2.46. The first-order chi connectivity index (χ1) is 12.9. The smallest absolute Gasteiger partial charge is 0.405 e. The molecular formula is C18H19F3N2O4S. The van der Waals surface area contributed by atoms with Crippen LogP contribution >= 0.6 is 0 Å². The summed E-state index contributed by atoms with van der Waals surface area (Å²) in [6.07, 6.45) is -3.75. The van der Waals surface area contributed by atoms with Gasteiger partial charge in [-0.2, -0.15) is 0 Å². The van der Waals surface area contributed by atoms with Gasteiger partial charge in [0.2, 0.25) is 5.91 Å². The van der Waals surface area contributed by atoms with Gasteiger partial charge in [-0.1, -0.05) is 24.3 Å². The maximum absolute atomic E-state index is 12.5. The molecule has 2 aromatic rings. The first kappa shape index (κ1) is 21.7.